The predicted octanol–water partition coefficient (Wildman–Crippen LogP) is 1.54. The van der Waals surface area contributed by atoms with E-state index in [-0.39, 0.29) is 18.6 Å². The van der Waals surface area contributed by atoms with Crippen molar-refractivity contribution in [3.05, 3.63) is 53.9 Å². The first kappa shape index (κ1) is 16.7. The lowest BCUT2D eigenvalue weighted by Crippen LogP contribution is -2.49. The fraction of sp³-hybridized carbons (Fsp3) is 0.444. The topological polar surface area (TPSA) is 67.6 Å². The molecule has 2 aromatic rings. The summed E-state index contributed by atoms with van der Waals surface area (Å²) in [5, 5.41) is 13.9. The zero-order chi connectivity index (χ0) is 16.9. The monoisotopic (exact) mass is 329 g/mol. The Morgan fingerprint density at radius 3 is 2.79 bits per heavy atom. The van der Waals surface area contributed by atoms with Gasteiger partial charge in [0.25, 0.3) is 0 Å². The first-order valence-corrected chi connectivity index (χ1v) is 8.26. The maximum atomic E-state index is 12.8. The third kappa shape index (κ3) is 3.49. The third-order valence-corrected chi connectivity index (χ3v) is 4.46. The Balaban J connectivity index is 1.75. The van der Waals surface area contributed by atoms with E-state index >= 15 is 0 Å². The third-order valence-electron chi connectivity index (χ3n) is 4.46. The van der Waals surface area contributed by atoms with Gasteiger partial charge < -0.3 is 14.7 Å². The van der Waals surface area contributed by atoms with E-state index in [1.54, 1.807) is 6.20 Å². The number of carbonyl (C=O) groups is 1. The predicted molar refractivity (Wildman–Crippen MR) is 89.3 cm³/mol. The maximum absolute atomic E-state index is 12.8. The van der Waals surface area contributed by atoms with Crippen LogP contribution in [-0.2, 0) is 16.1 Å². The first-order valence-electron chi connectivity index (χ1n) is 8.26. The van der Waals surface area contributed by atoms with E-state index in [2.05, 4.69) is 5.10 Å². The van der Waals surface area contributed by atoms with Crippen molar-refractivity contribution < 1.29 is 14.6 Å². The summed E-state index contributed by atoms with van der Waals surface area (Å²) in [5.41, 5.74) is 2.03. The Morgan fingerprint density at radius 1 is 1.33 bits per heavy atom. The zero-order valence-corrected chi connectivity index (χ0v) is 13.8. The Kier molecular flexibility index (Phi) is 5.27. The van der Waals surface area contributed by atoms with Crippen LogP contribution in [0.15, 0.2) is 42.6 Å². The fourth-order valence-electron chi connectivity index (χ4n) is 3.19. The summed E-state index contributed by atoms with van der Waals surface area (Å²) in [4.78, 5) is 14.6. The molecule has 3 rings (SSSR count). The number of amides is 1. The summed E-state index contributed by atoms with van der Waals surface area (Å²) in [6.07, 6.45) is 1.73. The van der Waals surface area contributed by atoms with Gasteiger partial charge in [-0.3, -0.25) is 9.48 Å². The molecule has 0 spiro atoms. The van der Waals surface area contributed by atoms with Gasteiger partial charge in [-0.1, -0.05) is 30.3 Å². The van der Waals surface area contributed by atoms with Gasteiger partial charge in [0.15, 0.2) is 0 Å². The highest BCUT2D eigenvalue weighted by Gasteiger charge is 2.35. The molecule has 1 aliphatic heterocycles. The van der Waals surface area contributed by atoms with Crippen LogP contribution >= 0.6 is 0 Å². The van der Waals surface area contributed by atoms with Crippen molar-refractivity contribution in [3.8, 4) is 0 Å². The summed E-state index contributed by atoms with van der Waals surface area (Å²) in [6, 6.07) is 11.4. The molecule has 2 heterocycles. The molecule has 24 heavy (non-hydrogen) atoms. The SMILES string of the molecule is Cc1ccnn1CCC(=O)N1CCO[C@H](CO)[C@H]1c1ccccc1. The smallest absolute Gasteiger partial charge is 0.225 e. The van der Waals surface area contributed by atoms with Crippen LogP contribution in [-0.4, -0.2) is 51.6 Å². The molecule has 128 valence electrons. The average Bonchev–Trinajstić information content (AvgIpc) is 3.04. The van der Waals surface area contributed by atoms with Crippen LogP contribution in [0.5, 0.6) is 0 Å². The largest absolute Gasteiger partial charge is 0.394 e. The van der Waals surface area contributed by atoms with Gasteiger partial charge in [-0.25, -0.2) is 0 Å². The molecule has 6 nitrogen and oxygen atoms in total. The summed E-state index contributed by atoms with van der Waals surface area (Å²) in [6.45, 7) is 3.40. The summed E-state index contributed by atoms with van der Waals surface area (Å²) in [5.74, 6) is 0.0560. The number of morpholine rings is 1. The minimum absolute atomic E-state index is 0.0560. The van der Waals surface area contributed by atoms with E-state index < -0.39 is 6.10 Å². The van der Waals surface area contributed by atoms with Crippen molar-refractivity contribution >= 4 is 5.91 Å². The Hall–Kier alpha value is -2.18. The number of carbonyl (C=O) groups excluding carboxylic acids is 1. The summed E-state index contributed by atoms with van der Waals surface area (Å²) >= 11 is 0. The number of aliphatic hydroxyl groups is 1. The first-order chi connectivity index (χ1) is 11.7. The molecule has 1 saturated heterocycles. The highest BCUT2D eigenvalue weighted by Crippen LogP contribution is 2.30. The van der Waals surface area contributed by atoms with E-state index in [0.29, 0.717) is 26.1 Å². The number of aryl methyl sites for hydroxylation is 2. The normalized spacial score (nSPS) is 21.0. The molecule has 1 amide bonds. The minimum atomic E-state index is -0.392. The summed E-state index contributed by atoms with van der Waals surface area (Å²) < 4.78 is 7.52. The molecule has 6 heteroatoms. The molecule has 0 radical (unpaired) electrons. The quantitative estimate of drug-likeness (QED) is 0.904. The van der Waals surface area contributed by atoms with Crippen LogP contribution in [0, 0.1) is 6.92 Å². The molecule has 0 saturated carbocycles. The van der Waals surface area contributed by atoms with Gasteiger partial charge in [0.2, 0.25) is 5.91 Å². The van der Waals surface area contributed by atoms with Gasteiger partial charge in [0, 0.05) is 31.4 Å². The van der Waals surface area contributed by atoms with Crippen LogP contribution in [0.2, 0.25) is 0 Å². The van der Waals surface area contributed by atoms with E-state index in [1.807, 2.05) is 52.9 Å². The number of aliphatic hydroxyl groups excluding tert-OH is 1. The molecule has 2 atom stereocenters. The Morgan fingerprint density at radius 2 is 2.12 bits per heavy atom. The van der Waals surface area contributed by atoms with Crippen LogP contribution in [0.1, 0.15) is 23.7 Å². The molecule has 1 aromatic heterocycles. The lowest BCUT2D eigenvalue weighted by molar-refractivity contribution is -0.150. The van der Waals surface area contributed by atoms with Crippen LogP contribution in [0.4, 0.5) is 0 Å². The van der Waals surface area contributed by atoms with Crippen molar-refractivity contribution in [1.82, 2.24) is 14.7 Å². The number of benzene rings is 1. The van der Waals surface area contributed by atoms with Gasteiger partial charge in [-0.15, -0.1) is 0 Å². The summed E-state index contributed by atoms with van der Waals surface area (Å²) in [7, 11) is 0. The number of aromatic nitrogens is 2. The molecule has 1 aromatic carbocycles. The van der Waals surface area contributed by atoms with Gasteiger partial charge in [-0.05, 0) is 18.6 Å². The average molecular weight is 329 g/mol. The van der Waals surface area contributed by atoms with Crippen molar-refractivity contribution in [2.75, 3.05) is 19.8 Å². The molecule has 1 N–H and O–H groups in total. The Bertz CT molecular complexity index is 671. The van der Waals surface area contributed by atoms with Gasteiger partial charge in [-0.2, -0.15) is 5.10 Å². The van der Waals surface area contributed by atoms with E-state index in [0.717, 1.165) is 11.3 Å². The minimum Gasteiger partial charge on any atom is -0.394 e. The van der Waals surface area contributed by atoms with Crippen molar-refractivity contribution in [2.24, 2.45) is 0 Å². The van der Waals surface area contributed by atoms with Crippen molar-refractivity contribution in [1.29, 1.82) is 0 Å². The number of ether oxygens (including phenoxy) is 1. The number of nitrogens with zero attached hydrogens (tertiary/aromatic N) is 3. The number of hydrogen-bond acceptors (Lipinski definition) is 4. The Labute approximate surface area is 141 Å². The van der Waals surface area contributed by atoms with Crippen LogP contribution < -0.4 is 0 Å². The highest BCUT2D eigenvalue weighted by molar-refractivity contribution is 5.77. The highest BCUT2D eigenvalue weighted by atomic mass is 16.5. The van der Waals surface area contributed by atoms with Gasteiger partial charge in [0.1, 0.15) is 6.10 Å². The molecule has 0 bridgehead atoms. The second-order valence-electron chi connectivity index (χ2n) is 5.98. The zero-order valence-electron chi connectivity index (χ0n) is 13.8. The number of hydrogen-bond donors (Lipinski definition) is 1. The standard InChI is InChI=1S/C18H23N3O3/c1-14-7-9-19-21(14)10-8-17(23)20-11-12-24-16(13-22)18(20)15-5-3-2-4-6-15/h2-7,9,16,18,22H,8,10-13H2,1H3/t16-,18-/m1/s1. The molecular weight excluding hydrogens is 306 g/mol. The van der Waals surface area contributed by atoms with Crippen LogP contribution in [0.25, 0.3) is 0 Å². The van der Waals surface area contributed by atoms with Crippen molar-refractivity contribution in [3.63, 3.8) is 0 Å². The fourth-order valence-corrected chi connectivity index (χ4v) is 3.19. The number of rotatable bonds is 5. The molecular formula is C18H23N3O3. The van der Waals surface area contributed by atoms with Crippen molar-refractivity contribution in [2.45, 2.75) is 32.0 Å². The lowest BCUT2D eigenvalue weighted by Gasteiger charge is -2.41. The van der Waals surface area contributed by atoms with Gasteiger partial charge in [0.05, 0.1) is 19.3 Å². The molecule has 1 aliphatic rings. The maximum Gasteiger partial charge on any atom is 0.225 e. The van der Waals surface area contributed by atoms with Crippen LogP contribution in [0.3, 0.4) is 0 Å². The lowest BCUT2D eigenvalue weighted by atomic mass is 9.98. The van der Waals surface area contributed by atoms with E-state index in [4.69, 9.17) is 4.74 Å². The second kappa shape index (κ2) is 7.59. The second-order valence-corrected chi connectivity index (χ2v) is 5.98. The van der Waals surface area contributed by atoms with Gasteiger partial charge >= 0.3 is 0 Å². The van der Waals surface area contributed by atoms with E-state index in [9.17, 15) is 9.90 Å². The molecule has 0 unspecified atom stereocenters. The molecule has 1 fully saturated rings. The van der Waals surface area contributed by atoms with E-state index in [1.165, 1.54) is 0 Å². The molecule has 0 aliphatic carbocycles.